The zero-order valence-electron chi connectivity index (χ0n) is 21.3. The number of hydrogen-bond donors (Lipinski definition) is 1. The maximum Gasteiger partial charge on any atom is 0.476 e. The van der Waals surface area contributed by atoms with Crippen LogP contribution in [0.2, 0.25) is 0 Å². The average molecular weight is 541 g/mol. The Balaban J connectivity index is 1.59. The number of aliphatic carboxylic acids is 1. The van der Waals surface area contributed by atoms with Crippen molar-refractivity contribution in [3.8, 4) is 0 Å². The van der Waals surface area contributed by atoms with E-state index in [1.165, 1.54) is 0 Å². The fourth-order valence-electron chi connectivity index (χ4n) is 4.82. The van der Waals surface area contributed by atoms with Gasteiger partial charge in [0.2, 0.25) is 0 Å². The molecule has 1 aliphatic rings. The molecule has 0 fully saturated rings. The summed E-state index contributed by atoms with van der Waals surface area (Å²) in [6.07, 6.45) is 3.49. The molecule has 198 valence electrons. The minimum Gasteiger partial charge on any atom is -0.481 e. The first kappa shape index (κ1) is 26.8. The molecular formula is C32H29O6P. The van der Waals surface area contributed by atoms with E-state index in [0.29, 0.717) is 5.56 Å². The first-order chi connectivity index (χ1) is 19.0. The zero-order chi connectivity index (χ0) is 27.1. The van der Waals surface area contributed by atoms with Gasteiger partial charge < -0.3 is 5.11 Å². The number of carboxylic acids is 1. The van der Waals surface area contributed by atoms with Crippen LogP contribution in [0, 0.1) is 5.92 Å². The Morgan fingerprint density at radius 2 is 1.21 bits per heavy atom. The Hall–Kier alpha value is -3.80. The molecule has 2 unspecified atom stereocenters. The molecule has 0 aromatic heterocycles. The van der Waals surface area contributed by atoms with Gasteiger partial charge in [-0.3, -0.25) is 18.4 Å². The van der Waals surface area contributed by atoms with Crippen molar-refractivity contribution in [2.45, 2.75) is 25.2 Å². The molecule has 0 bridgehead atoms. The van der Waals surface area contributed by atoms with Crippen LogP contribution in [0.3, 0.4) is 0 Å². The molecule has 5 rings (SSSR count). The lowest BCUT2D eigenvalue weighted by molar-refractivity contribution is -0.149. The molecule has 0 saturated carbocycles. The SMILES string of the molecule is O=C(O)C1C=Cc2ccccc2C1(Cc1ccccc1)OP(=O)(OCc1ccccc1)OCc1ccccc1. The van der Waals surface area contributed by atoms with Gasteiger partial charge >= 0.3 is 13.8 Å². The number of phosphoric acid groups is 1. The second-order valence-electron chi connectivity index (χ2n) is 9.37. The highest BCUT2D eigenvalue weighted by Crippen LogP contribution is 2.60. The summed E-state index contributed by atoms with van der Waals surface area (Å²) in [5.74, 6) is -2.25. The van der Waals surface area contributed by atoms with Crippen molar-refractivity contribution < 1.29 is 28.0 Å². The van der Waals surface area contributed by atoms with Gasteiger partial charge in [0.05, 0.1) is 13.2 Å². The van der Waals surface area contributed by atoms with Crippen LogP contribution in [0.1, 0.15) is 27.8 Å². The molecule has 0 aliphatic heterocycles. The summed E-state index contributed by atoms with van der Waals surface area (Å²) < 4.78 is 32.9. The van der Waals surface area contributed by atoms with Crippen molar-refractivity contribution in [3.05, 3.63) is 149 Å². The second kappa shape index (κ2) is 11.9. The van der Waals surface area contributed by atoms with Crippen molar-refractivity contribution in [3.63, 3.8) is 0 Å². The monoisotopic (exact) mass is 540 g/mol. The van der Waals surface area contributed by atoms with E-state index in [1.807, 2.05) is 115 Å². The van der Waals surface area contributed by atoms with Crippen LogP contribution in [-0.2, 0) is 48.2 Å². The summed E-state index contributed by atoms with van der Waals surface area (Å²) in [5, 5.41) is 10.4. The van der Waals surface area contributed by atoms with E-state index in [0.717, 1.165) is 22.3 Å². The van der Waals surface area contributed by atoms with Crippen molar-refractivity contribution in [2.75, 3.05) is 0 Å². The highest BCUT2D eigenvalue weighted by atomic mass is 31.2. The molecule has 0 radical (unpaired) electrons. The highest BCUT2D eigenvalue weighted by Gasteiger charge is 2.52. The molecular weight excluding hydrogens is 511 g/mol. The highest BCUT2D eigenvalue weighted by molar-refractivity contribution is 7.48. The minimum absolute atomic E-state index is 0.0381. The van der Waals surface area contributed by atoms with Crippen molar-refractivity contribution in [1.82, 2.24) is 0 Å². The van der Waals surface area contributed by atoms with E-state index >= 15 is 0 Å². The third-order valence-corrected chi connectivity index (χ3v) is 8.14. The molecule has 6 nitrogen and oxygen atoms in total. The first-order valence-electron chi connectivity index (χ1n) is 12.7. The summed E-state index contributed by atoms with van der Waals surface area (Å²) in [7, 11) is -4.35. The Labute approximate surface area is 228 Å². The van der Waals surface area contributed by atoms with Crippen LogP contribution in [-0.4, -0.2) is 11.1 Å². The van der Waals surface area contributed by atoms with Gasteiger partial charge in [0, 0.05) is 6.42 Å². The Bertz CT molecular complexity index is 1430. The fourth-order valence-corrected chi connectivity index (χ4v) is 6.29. The standard InChI is InChI=1S/C32H29O6P/c33-31(34)30-21-20-28-18-10-11-19-29(28)32(30,22-25-12-4-1-5-13-25)38-39(35,36-23-26-14-6-2-7-15-26)37-24-27-16-8-3-9-17-27/h1-21,30H,22-24H2,(H,33,34). The average Bonchev–Trinajstić information content (AvgIpc) is 2.97. The lowest BCUT2D eigenvalue weighted by atomic mass is 9.72. The van der Waals surface area contributed by atoms with Gasteiger partial charge in [0.25, 0.3) is 0 Å². The summed E-state index contributed by atoms with van der Waals surface area (Å²) >= 11 is 0. The molecule has 0 spiro atoms. The predicted molar refractivity (Wildman–Crippen MR) is 150 cm³/mol. The van der Waals surface area contributed by atoms with E-state index in [9.17, 15) is 14.5 Å². The molecule has 2 atom stereocenters. The van der Waals surface area contributed by atoms with Crippen LogP contribution in [0.25, 0.3) is 6.08 Å². The van der Waals surface area contributed by atoms with E-state index in [1.54, 1.807) is 12.2 Å². The molecule has 1 N–H and O–H groups in total. The lowest BCUT2D eigenvalue weighted by Gasteiger charge is -2.42. The number of carboxylic acid groups (broad SMARTS) is 1. The molecule has 1 aliphatic carbocycles. The lowest BCUT2D eigenvalue weighted by Crippen LogP contribution is -2.45. The summed E-state index contributed by atoms with van der Waals surface area (Å²) in [6, 6.07) is 35.4. The number of carbonyl (C=O) groups is 1. The molecule has 39 heavy (non-hydrogen) atoms. The Morgan fingerprint density at radius 3 is 1.74 bits per heavy atom. The minimum atomic E-state index is -4.35. The molecule has 4 aromatic rings. The topological polar surface area (TPSA) is 82.1 Å². The van der Waals surface area contributed by atoms with Gasteiger partial charge in [-0.1, -0.05) is 127 Å². The van der Waals surface area contributed by atoms with Gasteiger partial charge in [-0.25, -0.2) is 4.57 Å². The van der Waals surface area contributed by atoms with Crippen LogP contribution >= 0.6 is 7.82 Å². The molecule has 4 aromatic carbocycles. The quantitative estimate of drug-likeness (QED) is 0.200. The van der Waals surface area contributed by atoms with E-state index in [-0.39, 0.29) is 19.6 Å². The second-order valence-corrected chi connectivity index (χ2v) is 11.0. The summed E-state index contributed by atoms with van der Waals surface area (Å²) in [4.78, 5) is 12.7. The third-order valence-electron chi connectivity index (χ3n) is 6.70. The first-order valence-corrected chi connectivity index (χ1v) is 14.2. The molecule has 0 heterocycles. The van der Waals surface area contributed by atoms with Crippen LogP contribution in [0.5, 0.6) is 0 Å². The summed E-state index contributed by atoms with van der Waals surface area (Å²) in [5.41, 5.74) is 2.20. The number of benzene rings is 4. The van der Waals surface area contributed by atoms with Crippen LogP contribution in [0.4, 0.5) is 0 Å². The fraction of sp³-hybridized carbons (Fsp3) is 0.156. The van der Waals surface area contributed by atoms with Crippen LogP contribution in [0.15, 0.2) is 121 Å². The van der Waals surface area contributed by atoms with Gasteiger partial charge in [0.15, 0.2) is 0 Å². The van der Waals surface area contributed by atoms with E-state index in [4.69, 9.17) is 13.6 Å². The molecule has 0 saturated heterocycles. The predicted octanol–water partition coefficient (Wildman–Crippen LogP) is 7.41. The zero-order valence-corrected chi connectivity index (χ0v) is 22.2. The normalized spacial score (nSPS) is 18.4. The maximum absolute atomic E-state index is 14.5. The number of phosphoric ester groups is 1. The van der Waals surface area contributed by atoms with Gasteiger partial charge in [0.1, 0.15) is 11.5 Å². The Morgan fingerprint density at radius 1 is 0.718 bits per heavy atom. The van der Waals surface area contributed by atoms with Gasteiger partial charge in [-0.05, 0) is 27.8 Å². The van der Waals surface area contributed by atoms with Crippen molar-refractivity contribution in [2.24, 2.45) is 5.92 Å². The van der Waals surface area contributed by atoms with Crippen molar-refractivity contribution >= 4 is 19.9 Å². The van der Waals surface area contributed by atoms with Crippen molar-refractivity contribution in [1.29, 1.82) is 0 Å². The van der Waals surface area contributed by atoms with E-state index in [2.05, 4.69) is 0 Å². The van der Waals surface area contributed by atoms with Gasteiger partial charge in [-0.15, -0.1) is 0 Å². The maximum atomic E-state index is 14.5. The number of fused-ring (bicyclic) bond motifs is 1. The Kier molecular flexibility index (Phi) is 8.20. The molecule has 7 heteroatoms. The third kappa shape index (κ3) is 6.27. The number of rotatable bonds is 11. The largest absolute Gasteiger partial charge is 0.481 e. The summed E-state index contributed by atoms with van der Waals surface area (Å²) in [6.45, 7) is -0.0763. The van der Waals surface area contributed by atoms with Crippen LogP contribution < -0.4 is 0 Å². The van der Waals surface area contributed by atoms with Gasteiger partial charge in [-0.2, -0.15) is 0 Å². The van der Waals surface area contributed by atoms with E-state index < -0.39 is 25.3 Å². The smallest absolute Gasteiger partial charge is 0.476 e. The number of hydrogen-bond acceptors (Lipinski definition) is 5. The molecule has 0 amide bonds.